The van der Waals surface area contributed by atoms with Crippen LogP contribution in [-0.4, -0.2) is 32.8 Å². The van der Waals surface area contributed by atoms with Gasteiger partial charge in [0.25, 0.3) is 0 Å². The lowest BCUT2D eigenvalue weighted by atomic mass is 9.92. The Morgan fingerprint density at radius 3 is 2.68 bits per heavy atom. The van der Waals surface area contributed by atoms with Crippen molar-refractivity contribution < 1.29 is 14.3 Å². The first-order valence-corrected chi connectivity index (χ1v) is 6.60. The standard InChI is InChI=1S/C14H20ClNO3/c1-4-19-13(17)14(2,16-9-10-18-3)11-7-5-6-8-12(11)15/h5-8,16H,4,9-10H2,1-3H3. The van der Waals surface area contributed by atoms with Crippen molar-refractivity contribution in [3.05, 3.63) is 34.9 Å². The fourth-order valence-electron chi connectivity index (χ4n) is 1.82. The summed E-state index contributed by atoms with van der Waals surface area (Å²) in [6.45, 7) is 4.89. The van der Waals surface area contributed by atoms with E-state index in [1.54, 1.807) is 27.0 Å². The van der Waals surface area contributed by atoms with Gasteiger partial charge >= 0.3 is 5.97 Å². The SMILES string of the molecule is CCOC(=O)C(C)(NCCOC)c1ccccc1Cl. The molecule has 0 bridgehead atoms. The summed E-state index contributed by atoms with van der Waals surface area (Å²) in [7, 11) is 1.61. The summed E-state index contributed by atoms with van der Waals surface area (Å²) in [5.74, 6) is -0.348. The highest BCUT2D eigenvalue weighted by Crippen LogP contribution is 2.29. The Morgan fingerprint density at radius 1 is 1.42 bits per heavy atom. The number of rotatable bonds is 7. The molecule has 1 N–H and O–H groups in total. The number of hydrogen-bond acceptors (Lipinski definition) is 4. The molecule has 0 aliphatic heterocycles. The van der Waals surface area contributed by atoms with Crippen LogP contribution in [0.25, 0.3) is 0 Å². The van der Waals surface area contributed by atoms with Gasteiger partial charge in [-0.05, 0) is 19.9 Å². The van der Waals surface area contributed by atoms with Gasteiger partial charge in [-0.3, -0.25) is 5.32 Å². The maximum absolute atomic E-state index is 12.2. The van der Waals surface area contributed by atoms with Crippen molar-refractivity contribution >= 4 is 17.6 Å². The van der Waals surface area contributed by atoms with E-state index in [4.69, 9.17) is 21.1 Å². The number of halogens is 1. The van der Waals surface area contributed by atoms with Gasteiger partial charge in [0.2, 0.25) is 0 Å². The monoisotopic (exact) mass is 285 g/mol. The lowest BCUT2D eigenvalue weighted by Crippen LogP contribution is -2.49. The second-order valence-corrected chi connectivity index (χ2v) is 4.65. The fraction of sp³-hybridized carbons (Fsp3) is 0.500. The molecule has 1 aromatic carbocycles. The van der Waals surface area contributed by atoms with Crippen LogP contribution in [0.4, 0.5) is 0 Å². The van der Waals surface area contributed by atoms with E-state index < -0.39 is 5.54 Å². The summed E-state index contributed by atoms with van der Waals surface area (Å²) in [5, 5.41) is 3.69. The number of methoxy groups -OCH3 is 1. The van der Waals surface area contributed by atoms with Gasteiger partial charge < -0.3 is 9.47 Å². The number of nitrogens with one attached hydrogen (secondary N) is 1. The van der Waals surface area contributed by atoms with Crippen LogP contribution >= 0.6 is 11.6 Å². The predicted octanol–water partition coefficient (Wildman–Crippen LogP) is 2.35. The van der Waals surface area contributed by atoms with Gasteiger partial charge in [-0.2, -0.15) is 0 Å². The van der Waals surface area contributed by atoms with E-state index in [0.717, 1.165) is 0 Å². The first-order chi connectivity index (χ1) is 9.06. The van der Waals surface area contributed by atoms with Gasteiger partial charge in [0, 0.05) is 24.2 Å². The molecule has 0 aliphatic carbocycles. The zero-order valence-electron chi connectivity index (χ0n) is 11.5. The van der Waals surface area contributed by atoms with Gasteiger partial charge in [0.1, 0.15) is 5.54 Å². The van der Waals surface area contributed by atoms with Gasteiger partial charge in [-0.1, -0.05) is 29.8 Å². The van der Waals surface area contributed by atoms with E-state index in [2.05, 4.69) is 5.32 Å². The Morgan fingerprint density at radius 2 is 2.11 bits per heavy atom. The van der Waals surface area contributed by atoms with E-state index in [1.807, 2.05) is 18.2 Å². The molecule has 4 nitrogen and oxygen atoms in total. The van der Waals surface area contributed by atoms with Crippen LogP contribution in [0.15, 0.2) is 24.3 Å². The molecular weight excluding hydrogens is 266 g/mol. The third-order valence-electron chi connectivity index (χ3n) is 2.88. The maximum Gasteiger partial charge on any atom is 0.330 e. The molecule has 0 amide bonds. The predicted molar refractivity (Wildman–Crippen MR) is 75.3 cm³/mol. The molecule has 0 saturated heterocycles. The molecule has 1 unspecified atom stereocenters. The second-order valence-electron chi connectivity index (χ2n) is 4.24. The molecule has 1 atom stereocenters. The first kappa shape index (κ1) is 16.0. The van der Waals surface area contributed by atoms with E-state index >= 15 is 0 Å². The molecule has 0 saturated carbocycles. The van der Waals surface area contributed by atoms with Crippen LogP contribution in [0.3, 0.4) is 0 Å². The maximum atomic E-state index is 12.2. The van der Waals surface area contributed by atoms with E-state index in [9.17, 15) is 4.79 Å². The number of carbonyl (C=O) groups excluding carboxylic acids is 1. The smallest absolute Gasteiger partial charge is 0.330 e. The van der Waals surface area contributed by atoms with Crippen LogP contribution in [-0.2, 0) is 19.8 Å². The van der Waals surface area contributed by atoms with Crippen LogP contribution in [0.2, 0.25) is 5.02 Å². The van der Waals surface area contributed by atoms with Crippen molar-refractivity contribution in [2.75, 3.05) is 26.9 Å². The highest BCUT2D eigenvalue weighted by Gasteiger charge is 2.37. The highest BCUT2D eigenvalue weighted by atomic mass is 35.5. The van der Waals surface area contributed by atoms with Gasteiger partial charge in [-0.25, -0.2) is 4.79 Å². The third-order valence-corrected chi connectivity index (χ3v) is 3.21. The van der Waals surface area contributed by atoms with Crippen molar-refractivity contribution in [1.82, 2.24) is 5.32 Å². The molecule has 5 heteroatoms. The average Bonchev–Trinajstić information content (AvgIpc) is 2.39. The lowest BCUT2D eigenvalue weighted by Gasteiger charge is -2.29. The number of esters is 1. The topological polar surface area (TPSA) is 47.6 Å². The van der Waals surface area contributed by atoms with Gasteiger partial charge in [0.15, 0.2) is 0 Å². The van der Waals surface area contributed by atoms with Gasteiger partial charge in [0.05, 0.1) is 13.2 Å². The Balaban J connectivity index is 3.04. The number of benzene rings is 1. The molecule has 1 aromatic rings. The summed E-state index contributed by atoms with van der Waals surface area (Å²) in [4.78, 5) is 12.2. The second kappa shape index (κ2) is 7.48. The van der Waals surface area contributed by atoms with E-state index in [-0.39, 0.29) is 5.97 Å². The molecule has 19 heavy (non-hydrogen) atoms. The number of ether oxygens (including phenoxy) is 2. The van der Waals surface area contributed by atoms with Crippen LogP contribution in [0.5, 0.6) is 0 Å². The average molecular weight is 286 g/mol. The van der Waals surface area contributed by atoms with Gasteiger partial charge in [-0.15, -0.1) is 0 Å². The Hall–Kier alpha value is -1.10. The molecule has 0 fully saturated rings. The summed E-state index contributed by atoms with van der Waals surface area (Å²) < 4.78 is 10.1. The van der Waals surface area contributed by atoms with Crippen molar-refractivity contribution in [1.29, 1.82) is 0 Å². The normalized spacial score (nSPS) is 13.9. The molecule has 1 rings (SSSR count). The highest BCUT2D eigenvalue weighted by molar-refractivity contribution is 6.31. The van der Waals surface area contributed by atoms with Crippen LogP contribution < -0.4 is 5.32 Å². The van der Waals surface area contributed by atoms with Crippen molar-refractivity contribution in [2.45, 2.75) is 19.4 Å². The van der Waals surface area contributed by atoms with Crippen molar-refractivity contribution in [2.24, 2.45) is 0 Å². The summed E-state index contributed by atoms with van der Waals surface area (Å²) >= 11 is 6.19. The summed E-state index contributed by atoms with van der Waals surface area (Å²) in [6, 6.07) is 7.24. The number of hydrogen-bond donors (Lipinski definition) is 1. The van der Waals surface area contributed by atoms with Crippen LogP contribution in [0, 0.1) is 0 Å². The Kier molecular flexibility index (Phi) is 6.28. The Bertz CT molecular complexity index is 425. The van der Waals surface area contributed by atoms with E-state index in [1.165, 1.54) is 0 Å². The van der Waals surface area contributed by atoms with Crippen LogP contribution in [0.1, 0.15) is 19.4 Å². The molecule has 0 aromatic heterocycles. The molecule has 0 heterocycles. The summed E-state index contributed by atoms with van der Waals surface area (Å²) in [5.41, 5.74) is -0.279. The molecule has 106 valence electrons. The van der Waals surface area contributed by atoms with Crippen molar-refractivity contribution in [3.63, 3.8) is 0 Å². The fourth-order valence-corrected chi connectivity index (χ4v) is 2.15. The lowest BCUT2D eigenvalue weighted by molar-refractivity contribution is -0.151. The zero-order chi connectivity index (χ0) is 14.3. The number of carbonyl (C=O) groups is 1. The zero-order valence-corrected chi connectivity index (χ0v) is 12.3. The quantitative estimate of drug-likeness (QED) is 0.617. The molecular formula is C14H20ClNO3. The first-order valence-electron chi connectivity index (χ1n) is 6.22. The molecule has 0 aliphatic rings. The minimum absolute atomic E-state index is 0.324. The van der Waals surface area contributed by atoms with Crippen molar-refractivity contribution in [3.8, 4) is 0 Å². The Labute approximate surface area is 119 Å². The minimum Gasteiger partial charge on any atom is -0.464 e. The third kappa shape index (κ3) is 3.93. The largest absolute Gasteiger partial charge is 0.464 e. The molecule has 0 spiro atoms. The summed E-state index contributed by atoms with van der Waals surface area (Å²) in [6.07, 6.45) is 0. The molecule has 0 radical (unpaired) electrons. The minimum atomic E-state index is -0.979. The van der Waals surface area contributed by atoms with E-state index in [0.29, 0.717) is 30.3 Å².